The van der Waals surface area contributed by atoms with Crippen molar-refractivity contribution in [3.05, 3.63) is 17.5 Å². The smallest absolute Gasteiger partial charge is 0.273 e. The van der Waals surface area contributed by atoms with E-state index in [9.17, 15) is 9.59 Å². The van der Waals surface area contributed by atoms with Crippen molar-refractivity contribution in [1.29, 1.82) is 0 Å². The SMILES string of the molecule is NCCCCCC(=O)N1CCC(NC(=O)c2cc(C3CC3)on2)CC1. The van der Waals surface area contributed by atoms with E-state index in [0.29, 0.717) is 37.7 Å². The molecular weight excluding hydrogens is 320 g/mol. The van der Waals surface area contributed by atoms with Crippen molar-refractivity contribution >= 4 is 11.8 Å². The molecule has 3 N–H and O–H groups in total. The van der Waals surface area contributed by atoms with Crippen LogP contribution in [0.5, 0.6) is 0 Å². The van der Waals surface area contributed by atoms with Crippen LogP contribution in [-0.4, -0.2) is 47.5 Å². The first-order valence-electron chi connectivity index (χ1n) is 9.42. The van der Waals surface area contributed by atoms with Gasteiger partial charge in [0.25, 0.3) is 5.91 Å². The van der Waals surface area contributed by atoms with Crippen molar-refractivity contribution in [2.24, 2.45) is 5.73 Å². The number of hydrogen-bond donors (Lipinski definition) is 2. The van der Waals surface area contributed by atoms with Gasteiger partial charge >= 0.3 is 0 Å². The van der Waals surface area contributed by atoms with Crippen molar-refractivity contribution in [3.63, 3.8) is 0 Å². The van der Waals surface area contributed by atoms with E-state index in [0.717, 1.165) is 50.7 Å². The molecule has 1 aromatic heterocycles. The number of nitrogens with one attached hydrogen (secondary N) is 1. The van der Waals surface area contributed by atoms with Gasteiger partial charge in [-0.1, -0.05) is 11.6 Å². The average molecular weight is 348 g/mol. The molecule has 2 amide bonds. The third kappa shape index (κ3) is 5.04. The molecule has 1 aliphatic heterocycles. The molecule has 1 aromatic rings. The molecular formula is C18H28N4O3. The largest absolute Gasteiger partial charge is 0.360 e. The van der Waals surface area contributed by atoms with Gasteiger partial charge in [0.2, 0.25) is 5.91 Å². The van der Waals surface area contributed by atoms with Crippen LogP contribution in [0.2, 0.25) is 0 Å². The number of amides is 2. The van der Waals surface area contributed by atoms with Gasteiger partial charge in [-0.2, -0.15) is 0 Å². The average Bonchev–Trinajstić information content (AvgIpc) is 3.36. The molecule has 138 valence electrons. The highest BCUT2D eigenvalue weighted by Crippen LogP contribution is 2.40. The quantitative estimate of drug-likeness (QED) is 0.698. The van der Waals surface area contributed by atoms with Gasteiger partial charge < -0.3 is 20.5 Å². The van der Waals surface area contributed by atoms with Crippen molar-refractivity contribution in [2.75, 3.05) is 19.6 Å². The molecule has 2 heterocycles. The second-order valence-corrected chi connectivity index (χ2v) is 7.12. The van der Waals surface area contributed by atoms with E-state index in [4.69, 9.17) is 10.3 Å². The number of hydrogen-bond acceptors (Lipinski definition) is 5. The van der Waals surface area contributed by atoms with Crippen LogP contribution in [0.25, 0.3) is 0 Å². The summed E-state index contributed by atoms with van der Waals surface area (Å²) in [5.41, 5.74) is 5.83. The van der Waals surface area contributed by atoms with E-state index in [-0.39, 0.29) is 17.9 Å². The van der Waals surface area contributed by atoms with Crippen molar-refractivity contribution < 1.29 is 14.1 Å². The molecule has 0 atom stereocenters. The molecule has 0 radical (unpaired) electrons. The lowest BCUT2D eigenvalue weighted by Gasteiger charge is -2.32. The fourth-order valence-electron chi connectivity index (χ4n) is 3.24. The Hall–Kier alpha value is -1.89. The van der Waals surface area contributed by atoms with E-state index >= 15 is 0 Å². The van der Waals surface area contributed by atoms with Crippen LogP contribution >= 0.6 is 0 Å². The number of carbonyl (C=O) groups is 2. The number of piperidine rings is 1. The molecule has 0 bridgehead atoms. The molecule has 7 heteroatoms. The maximum Gasteiger partial charge on any atom is 0.273 e. The molecule has 2 fully saturated rings. The maximum absolute atomic E-state index is 12.3. The summed E-state index contributed by atoms with van der Waals surface area (Å²) in [5, 5.41) is 6.89. The fourth-order valence-corrected chi connectivity index (χ4v) is 3.24. The zero-order valence-electron chi connectivity index (χ0n) is 14.7. The highest BCUT2D eigenvalue weighted by molar-refractivity contribution is 5.92. The van der Waals surface area contributed by atoms with E-state index < -0.39 is 0 Å². The monoisotopic (exact) mass is 348 g/mol. The van der Waals surface area contributed by atoms with Crippen molar-refractivity contribution in [3.8, 4) is 0 Å². The van der Waals surface area contributed by atoms with Crippen LogP contribution in [0.4, 0.5) is 0 Å². The first kappa shape index (κ1) is 17.9. The molecule has 2 aliphatic rings. The van der Waals surface area contributed by atoms with Gasteiger partial charge in [-0.05, 0) is 45.1 Å². The molecule has 0 aromatic carbocycles. The van der Waals surface area contributed by atoms with Crippen molar-refractivity contribution in [1.82, 2.24) is 15.4 Å². The first-order chi connectivity index (χ1) is 12.2. The number of nitrogens with zero attached hydrogens (tertiary/aromatic N) is 2. The Kier molecular flexibility index (Phi) is 6.07. The van der Waals surface area contributed by atoms with Crippen LogP contribution in [0.1, 0.15) is 73.5 Å². The molecule has 0 unspecified atom stereocenters. The van der Waals surface area contributed by atoms with E-state index in [1.807, 2.05) is 4.90 Å². The highest BCUT2D eigenvalue weighted by atomic mass is 16.5. The Bertz CT molecular complexity index is 589. The summed E-state index contributed by atoms with van der Waals surface area (Å²) < 4.78 is 5.23. The van der Waals surface area contributed by atoms with Gasteiger partial charge in [-0.3, -0.25) is 9.59 Å². The van der Waals surface area contributed by atoms with E-state index in [1.165, 1.54) is 0 Å². The summed E-state index contributed by atoms with van der Waals surface area (Å²) in [6.07, 6.45) is 7.30. The normalized spacial score (nSPS) is 18.4. The number of unbranched alkanes of at least 4 members (excludes halogenated alkanes) is 2. The minimum atomic E-state index is -0.179. The lowest BCUT2D eigenvalue weighted by molar-refractivity contribution is -0.132. The number of rotatable bonds is 8. The zero-order chi connectivity index (χ0) is 17.6. The Morgan fingerprint density at radius 3 is 2.64 bits per heavy atom. The number of carbonyl (C=O) groups excluding carboxylic acids is 2. The summed E-state index contributed by atoms with van der Waals surface area (Å²) >= 11 is 0. The summed E-state index contributed by atoms with van der Waals surface area (Å²) in [6, 6.07) is 1.85. The molecule has 1 aliphatic carbocycles. The Morgan fingerprint density at radius 1 is 1.20 bits per heavy atom. The number of likely N-dealkylation sites (tertiary alicyclic amines) is 1. The molecule has 1 saturated carbocycles. The summed E-state index contributed by atoms with van der Waals surface area (Å²) in [4.78, 5) is 26.3. The lowest BCUT2D eigenvalue weighted by atomic mass is 10.0. The minimum absolute atomic E-state index is 0.0925. The Morgan fingerprint density at radius 2 is 1.96 bits per heavy atom. The molecule has 25 heavy (non-hydrogen) atoms. The summed E-state index contributed by atoms with van der Waals surface area (Å²) in [6.45, 7) is 2.09. The van der Waals surface area contributed by atoms with Gasteiger partial charge in [0.1, 0.15) is 5.76 Å². The van der Waals surface area contributed by atoms with Gasteiger partial charge in [0, 0.05) is 37.5 Å². The number of aromatic nitrogens is 1. The second-order valence-electron chi connectivity index (χ2n) is 7.12. The molecule has 1 saturated heterocycles. The third-order valence-electron chi connectivity index (χ3n) is 5.02. The number of nitrogens with two attached hydrogens (primary N) is 1. The maximum atomic E-state index is 12.3. The van der Waals surface area contributed by atoms with Gasteiger partial charge in [-0.15, -0.1) is 0 Å². The summed E-state index contributed by atoms with van der Waals surface area (Å²) in [5.74, 6) is 1.31. The van der Waals surface area contributed by atoms with Gasteiger partial charge in [-0.25, -0.2) is 0 Å². The third-order valence-corrected chi connectivity index (χ3v) is 5.02. The van der Waals surface area contributed by atoms with E-state index in [1.54, 1.807) is 6.07 Å². The fraction of sp³-hybridized carbons (Fsp3) is 0.722. The highest BCUT2D eigenvalue weighted by Gasteiger charge is 2.30. The Balaban J connectivity index is 1.38. The zero-order valence-corrected chi connectivity index (χ0v) is 14.7. The molecule has 0 spiro atoms. The predicted octanol–water partition coefficient (Wildman–Crippen LogP) is 1.79. The molecule has 3 rings (SSSR count). The van der Waals surface area contributed by atoms with Crippen LogP contribution < -0.4 is 11.1 Å². The minimum Gasteiger partial charge on any atom is -0.360 e. The molecule has 7 nitrogen and oxygen atoms in total. The topological polar surface area (TPSA) is 101 Å². The van der Waals surface area contributed by atoms with Gasteiger partial charge in [0.15, 0.2) is 5.69 Å². The van der Waals surface area contributed by atoms with Gasteiger partial charge in [0.05, 0.1) is 0 Å². The standard InChI is InChI=1S/C18H28N4O3/c19-9-3-1-2-4-17(23)22-10-7-14(8-11-22)20-18(24)15-12-16(25-21-15)13-5-6-13/h12-14H,1-11,19H2,(H,20,24). The van der Waals surface area contributed by atoms with Crippen LogP contribution in [0, 0.1) is 0 Å². The van der Waals surface area contributed by atoms with Crippen LogP contribution in [-0.2, 0) is 4.79 Å². The second kappa shape index (κ2) is 8.47. The van der Waals surface area contributed by atoms with Crippen LogP contribution in [0.3, 0.4) is 0 Å². The first-order valence-corrected chi connectivity index (χ1v) is 9.42. The lowest BCUT2D eigenvalue weighted by Crippen LogP contribution is -2.46. The van der Waals surface area contributed by atoms with Crippen molar-refractivity contribution in [2.45, 2.75) is 63.3 Å². The summed E-state index contributed by atoms with van der Waals surface area (Å²) in [7, 11) is 0. The van der Waals surface area contributed by atoms with Crippen LogP contribution in [0.15, 0.2) is 10.6 Å². The Labute approximate surface area is 148 Å². The van der Waals surface area contributed by atoms with E-state index in [2.05, 4.69) is 10.5 Å². The predicted molar refractivity (Wildman–Crippen MR) is 93.1 cm³/mol.